The van der Waals surface area contributed by atoms with Crippen molar-refractivity contribution in [1.82, 2.24) is 10.2 Å². The maximum absolute atomic E-state index is 10.6. The van der Waals surface area contributed by atoms with Gasteiger partial charge < -0.3 is 10.2 Å². The molecule has 1 rings (SSSR count). The summed E-state index contributed by atoms with van der Waals surface area (Å²) in [6.07, 6.45) is 1.26. The molecular weight excluding hydrogens is 144 g/mol. The normalized spacial score (nSPS) is 25.0. The molecule has 0 aromatic rings. The number of aldehydes is 1. The first-order chi connectivity index (χ1) is 5.22. The van der Waals surface area contributed by atoms with Gasteiger partial charge in [0.1, 0.15) is 0 Å². The molecular formula is C7H12N2O2. The number of likely N-dealkylation sites (N-methyl/N-ethyl adjacent to an activating group) is 1. The number of carbonyl (C=O) groups is 2. The minimum absolute atomic E-state index is 0.165. The predicted octanol–water partition coefficient (Wildman–Crippen LogP) is -0.994. The van der Waals surface area contributed by atoms with Gasteiger partial charge in [-0.05, 0) is 20.0 Å². The third-order valence-corrected chi connectivity index (χ3v) is 1.84. The van der Waals surface area contributed by atoms with Gasteiger partial charge in [0.05, 0.1) is 0 Å². The maximum atomic E-state index is 10.6. The van der Waals surface area contributed by atoms with Gasteiger partial charge in [-0.3, -0.25) is 9.59 Å². The fraction of sp³-hybridized carbons (Fsp3) is 0.714. The molecule has 0 aliphatic carbocycles. The maximum Gasteiger partial charge on any atom is 0.284 e. The average molecular weight is 156 g/mol. The van der Waals surface area contributed by atoms with Crippen LogP contribution in [0.15, 0.2) is 0 Å². The molecule has 1 heterocycles. The van der Waals surface area contributed by atoms with Crippen LogP contribution in [0, 0.1) is 0 Å². The van der Waals surface area contributed by atoms with Gasteiger partial charge in [0, 0.05) is 12.6 Å². The Morgan fingerprint density at radius 3 is 2.91 bits per heavy atom. The molecule has 11 heavy (non-hydrogen) atoms. The average Bonchev–Trinajstić information content (AvgIpc) is 2.35. The van der Waals surface area contributed by atoms with Crippen molar-refractivity contribution in [3.8, 4) is 0 Å². The Morgan fingerprint density at radius 2 is 2.45 bits per heavy atom. The van der Waals surface area contributed by atoms with Crippen LogP contribution in [0.2, 0.25) is 0 Å². The molecule has 0 saturated carbocycles. The van der Waals surface area contributed by atoms with Gasteiger partial charge >= 0.3 is 0 Å². The Bertz CT molecular complexity index is 170. The Balaban J connectivity index is 2.28. The highest BCUT2D eigenvalue weighted by atomic mass is 16.2. The van der Waals surface area contributed by atoms with E-state index in [1.165, 1.54) is 0 Å². The molecule has 1 unspecified atom stereocenters. The van der Waals surface area contributed by atoms with Crippen molar-refractivity contribution in [2.75, 3.05) is 20.1 Å². The van der Waals surface area contributed by atoms with Crippen LogP contribution in [0.5, 0.6) is 0 Å². The number of amides is 1. The molecule has 0 aromatic heterocycles. The van der Waals surface area contributed by atoms with Crippen LogP contribution < -0.4 is 5.32 Å². The summed E-state index contributed by atoms with van der Waals surface area (Å²) >= 11 is 0. The fourth-order valence-electron chi connectivity index (χ4n) is 1.29. The summed E-state index contributed by atoms with van der Waals surface area (Å²) < 4.78 is 0. The monoisotopic (exact) mass is 156 g/mol. The molecule has 1 aliphatic rings. The zero-order valence-electron chi connectivity index (χ0n) is 6.54. The van der Waals surface area contributed by atoms with E-state index < -0.39 is 5.91 Å². The highest BCUT2D eigenvalue weighted by molar-refractivity contribution is 6.23. The first-order valence-corrected chi connectivity index (χ1v) is 3.66. The summed E-state index contributed by atoms with van der Waals surface area (Å²) in [6.45, 7) is 1.84. The summed E-state index contributed by atoms with van der Waals surface area (Å²) in [6, 6.07) is 0.165. The van der Waals surface area contributed by atoms with Gasteiger partial charge in [-0.1, -0.05) is 0 Å². The van der Waals surface area contributed by atoms with Crippen LogP contribution in [0.25, 0.3) is 0 Å². The van der Waals surface area contributed by atoms with E-state index in [9.17, 15) is 9.59 Å². The second-order valence-electron chi connectivity index (χ2n) is 2.87. The first-order valence-electron chi connectivity index (χ1n) is 3.66. The summed E-state index contributed by atoms with van der Waals surface area (Å²) in [5.74, 6) is -0.509. The predicted molar refractivity (Wildman–Crippen MR) is 40.1 cm³/mol. The van der Waals surface area contributed by atoms with E-state index in [-0.39, 0.29) is 6.04 Å². The van der Waals surface area contributed by atoms with Gasteiger partial charge in [-0.2, -0.15) is 0 Å². The summed E-state index contributed by atoms with van der Waals surface area (Å²) in [5.41, 5.74) is 0. The lowest BCUT2D eigenvalue weighted by Gasteiger charge is -2.09. The van der Waals surface area contributed by atoms with E-state index in [1.54, 1.807) is 0 Å². The quantitative estimate of drug-likeness (QED) is 0.412. The zero-order valence-corrected chi connectivity index (χ0v) is 6.54. The van der Waals surface area contributed by atoms with Crippen LogP contribution in [0.4, 0.5) is 0 Å². The second-order valence-corrected chi connectivity index (χ2v) is 2.87. The van der Waals surface area contributed by atoms with Crippen LogP contribution in [0.1, 0.15) is 6.42 Å². The van der Waals surface area contributed by atoms with Crippen molar-refractivity contribution < 1.29 is 9.59 Å². The highest BCUT2D eigenvalue weighted by Crippen LogP contribution is 2.04. The van der Waals surface area contributed by atoms with Crippen molar-refractivity contribution in [3.05, 3.63) is 0 Å². The molecule has 1 amide bonds. The zero-order chi connectivity index (χ0) is 8.27. The SMILES string of the molecule is CN1CCC(NC(=O)C=O)C1. The molecule has 1 aliphatic heterocycles. The molecule has 62 valence electrons. The topological polar surface area (TPSA) is 49.4 Å². The minimum Gasteiger partial charge on any atom is -0.346 e. The van der Waals surface area contributed by atoms with Crippen LogP contribution in [0.3, 0.4) is 0 Å². The number of nitrogens with one attached hydrogen (secondary N) is 1. The number of likely N-dealkylation sites (tertiary alicyclic amines) is 1. The van der Waals surface area contributed by atoms with E-state index in [4.69, 9.17) is 0 Å². The van der Waals surface area contributed by atoms with Gasteiger partial charge in [-0.15, -0.1) is 0 Å². The molecule has 1 fully saturated rings. The third-order valence-electron chi connectivity index (χ3n) is 1.84. The summed E-state index contributed by atoms with van der Waals surface area (Å²) in [7, 11) is 1.99. The number of carbonyl (C=O) groups excluding carboxylic acids is 2. The Hall–Kier alpha value is -0.900. The molecule has 0 bridgehead atoms. The van der Waals surface area contributed by atoms with Crippen LogP contribution in [-0.2, 0) is 9.59 Å². The molecule has 4 heteroatoms. The van der Waals surface area contributed by atoms with Gasteiger partial charge in [0.25, 0.3) is 5.91 Å². The molecule has 1 saturated heterocycles. The number of rotatable bonds is 2. The van der Waals surface area contributed by atoms with E-state index in [2.05, 4.69) is 10.2 Å². The molecule has 0 radical (unpaired) electrons. The van der Waals surface area contributed by atoms with E-state index in [0.717, 1.165) is 19.5 Å². The van der Waals surface area contributed by atoms with Crippen molar-refractivity contribution in [2.45, 2.75) is 12.5 Å². The molecule has 1 N–H and O–H groups in total. The Kier molecular flexibility index (Phi) is 2.59. The lowest BCUT2D eigenvalue weighted by molar-refractivity contribution is -0.131. The standard InChI is InChI=1S/C7H12N2O2/c1-9-3-2-6(4-9)8-7(11)5-10/h5-6H,2-4H2,1H3,(H,8,11). The largest absolute Gasteiger partial charge is 0.346 e. The van der Waals surface area contributed by atoms with Crippen molar-refractivity contribution in [2.24, 2.45) is 0 Å². The van der Waals surface area contributed by atoms with Gasteiger partial charge in [0.2, 0.25) is 6.29 Å². The van der Waals surface area contributed by atoms with Crippen molar-refractivity contribution in [3.63, 3.8) is 0 Å². The fourth-order valence-corrected chi connectivity index (χ4v) is 1.29. The molecule has 1 atom stereocenters. The summed E-state index contributed by atoms with van der Waals surface area (Å²) in [4.78, 5) is 22.6. The van der Waals surface area contributed by atoms with Crippen molar-refractivity contribution in [1.29, 1.82) is 0 Å². The second kappa shape index (κ2) is 3.48. The molecule has 0 aromatic carbocycles. The van der Waals surface area contributed by atoms with E-state index >= 15 is 0 Å². The minimum atomic E-state index is -0.509. The number of hydrogen-bond donors (Lipinski definition) is 1. The van der Waals surface area contributed by atoms with Gasteiger partial charge in [-0.25, -0.2) is 0 Å². The van der Waals surface area contributed by atoms with Crippen molar-refractivity contribution >= 4 is 12.2 Å². The van der Waals surface area contributed by atoms with E-state index in [1.807, 2.05) is 7.05 Å². The number of hydrogen-bond acceptors (Lipinski definition) is 3. The molecule has 0 spiro atoms. The highest BCUT2D eigenvalue weighted by Gasteiger charge is 2.20. The Labute approximate surface area is 65.6 Å². The van der Waals surface area contributed by atoms with Crippen LogP contribution >= 0.6 is 0 Å². The lowest BCUT2D eigenvalue weighted by atomic mass is 10.2. The first kappa shape index (κ1) is 8.20. The van der Waals surface area contributed by atoms with Gasteiger partial charge in [0.15, 0.2) is 0 Å². The molecule has 4 nitrogen and oxygen atoms in total. The Morgan fingerprint density at radius 1 is 1.73 bits per heavy atom. The number of nitrogens with zero attached hydrogens (tertiary/aromatic N) is 1. The summed E-state index contributed by atoms with van der Waals surface area (Å²) in [5, 5.41) is 2.61. The third kappa shape index (κ3) is 2.31. The van der Waals surface area contributed by atoms with Crippen LogP contribution in [-0.4, -0.2) is 43.3 Å². The lowest BCUT2D eigenvalue weighted by Crippen LogP contribution is -2.36. The smallest absolute Gasteiger partial charge is 0.284 e. The van der Waals surface area contributed by atoms with E-state index in [0.29, 0.717) is 6.29 Å².